The van der Waals surface area contributed by atoms with Crippen LogP contribution in [0.4, 0.5) is 17.1 Å². The minimum absolute atomic E-state index is 0.658. The SMILES string of the molecule is COCCc1ccccc1Nc1ccc(OC)cc1N. The van der Waals surface area contributed by atoms with Crippen molar-refractivity contribution in [2.75, 3.05) is 31.9 Å². The maximum Gasteiger partial charge on any atom is 0.121 e. The number of methoxy groups -OCH3 is 2. The molecule has 0 unspecified atom stereocenters. The topological polar surface area (TPSA) is 56.5 Å². The number of rotatable bonds is 6. The van der Waals surface area contributed by atoms with Crippen LogP contribution in [0.25, 0.3) is 0 Å². The van der Waals surface area contributed by atoms with Crippen molar-refractivity contribution in [2.24, 2.45) is 0 Å². The van der Waals surface area contributed by atoms with E-state index in [1.54, 1.807) is 20.3 Å². The van der Waals surface area contributed by atoms with Gasteiger partial charge in [-0.05, 0) is 30.2 Å². The second-order valence-corrected chi connectivity index (χ2v) is 4.48. The predicted octanol–water partition coefficient (Wildman–Crippen LogP) is 3.21. The van der Waals surface area contributed by atoms with E-state index in [1.807, 2.05) is 30.3 Å². The Morgan fingerprint density at radius 2 is 1.85 bits per heavy atom. The molecule has 0 amide bonds. The van der Waals surface area contributed by atoms with Crippen LogP contribution >= 0.6 is 0 Å². The number of hydrogen-bond donors (Lipinski definition) is 2. The first-order chi connectivity index (χ1) is 9.74. The molecule has 20 heavy (non-hydrogen) atoms. The van der Waals surface area contributed by atoms with E-state index < -0.39 is 0 Å². The second kappa shape index (κ2) is 6.82. The third-order valence-electron chi connectivity index (χ3n) is 3.12. The first kappa shape index (κ1) is 14.2. The number of nitrogens with two attached hydrogens (primary N) is 1. The van der Waals surface area contributed by atoms with E-state index in [0.717, 1.165) is 23.5 Å². The van der Waals surface area contributed by atoms with Crippen molar-refractivity contribution < 1.29 is 9.47 Å². The van der Waals surface area contributed by atoms with E-state index in [4.69, 9.17) is 15.2 Å². The van der Waals surface area contributed by atoms with E-state index in [-0.39, 0.29) is 0 Å². The van der Waals surface area contributed by atoms with Crippen LogP contribution in [-0.2, 0) is 11.2 Å². The zero-order valence-corrected chi connectivity index (χ0v) is 11.8. The third-order valence-corrected chi connectivity index (χ3v) is 3.12. The summed E-state index contributed by atoms with van der Waals surface area (Å²) in [5.74, 6) is 0.751. The van der Waals surface area contributed by atoms with Crippen LogP contribution < -0.4 is 15.8 Å². The molecule has 2 aromatic rings. The van der Waals surface area contributed by atoms with Crippen molar-refractivity contribution in [3.05, 3.63) is 48.0 Å². The molecule has 0 saturated heterocycles. The zero-order chi connectivity index (χ0) is 14.4. The van der Waals surface area contributed by atoms with Crippen LogP contribution in [0.1, 0.15) is 5.56 Å². The van der Waals surface area contributed by atoms with Crippen LogP contribution in [0, 0.1) is 0 Å². The summed E-state index contributed by atoms with van der Waals surface area (Å²) in [6.45, 7) is 0.691. The van der Waals surface area contributed by atoms with Gasteiger partial charge in [-0.25, -0.2) is 0 Å². The van der Waals surface area contributed by atoms with Crippen LogP contribution in [0.15, 0.2) is 42.5 Å². The fourth-order valence-electron chi connectivity index (χ4n) is 2.00. The lowest BCUT2D eigenvalue weighted by Crippen LogP contribution is -2.02. The molecular weight excluding hydrogens is 252 g/mol. The van der Waals surface area contributed by atoms with Gasteiger partial charge in [0, 0.05) is 18.9 Å². The minimum Gasteiger partial charge on any atom is -0.497 e. The first-order valence-corrected chi connectivity index (χ1v) is 6.52. The molecule has 0 aliphatic rings. The summed E-state index contributed by atoms with van der Waals surface area (Å²) in [6.07, 6.45) is 0.857. The molecule has 2 aromatic carbocycles. The summed E-state index contributed by atoms with van der Waals surface area (Å²) in [5.41, 5.74) is 9.80. The first-order valence-electron chi connectivity index (χ1n) is 6.52. The van der Waals surface area contributed by atoms with Gasteiger partial charge in [0.2, 0.25) is 0 Å². The average molecular weight is 272 g/mol. The largest absolute Gasteiger partial charge is 0.497 e. The van der Waals surface area contributed by atoms with Gasteiger partial charge in [-0.2, -0.15) is 0 Å². The van der Waals surface area contributed by atoms with Crippen molar-refractivity contribution in [1.82, 2.24) is 0 Å². The van der Waals surface area contributed by atoms with Crippen LogP contribution in [-0.4, -0.2) is 20.8 Å². The van der Waals surface area contributed by atoms with Gasteiger partial charge in [0.05, 0.1) is 25.1 Å². The maximum absolute atomic E-state index is 6.03. The highest BCUT2D eigenvalue weighted by molar-refractivity contribution is 5.75. The molecule has 0 aliphatic carbocycles. The Bertz CT molecular complexity index is 570. The second-order valence-electron chi connectivity index (χ2n) is 4.48. The van der Waals surface area contributed by atoms with Gasteiger partial charge in [-0.15, -0.1) is 0 Å². The fraction of sp³-hybridized carbons (Fsp3) is 0.250. The number of anilines is 3. The van der Waals surface area contributed by atoms with Crippen molar-refractivity contribution in [3.8, 4) is 5.75 Å². The van der Waals surface area contributed by atoms with Gasteiger partial charge in [0.1, 0.15) is 5.75 Å². The van der Waals surface area contributed by atoms with Gasteiger partial charge >= 0.3 is 0 Å². The molecule has 0 heterocycles. The van der Waals surface area contributed by atoms with Gasteiger partial charge in [-0.3, -0.25) is 0 Å². The minimum atomic E-state index is 0.658. The van der Waals surface area contributed by atoms with Gasteiger partial charge < -0.3 is 20.5 Å². The van der Waals surface area contributed by atoms with E-state index in [1.165, 1.54) is 5.56 Å². The number of nitrogens with one attached hydrogen (secondary N) is 1. The maximum atomic E-state index is 6.03. The summed E-state index contributed by atoms with van der Waals surface area (Å²) in [6, 6.07) is 13.7. The zero-order valence-electron chi connectivity index (χ0n) is 11.8. The third kappa shape index (κ3) is 3.42. The van der Waals surface area contributed by atoms with Crippen molar-refractivity contribution >= 4 is 17.1 Å². The molecule has 4 nitrogen and oxygen atoms in total. The van der Waals surface area contributed by atoms with Crippen LogP contribution in [0.5, 0.6) is 5.75 Å². The molecule has 0 radical (unpaired) electrons. The van der Waals surface area contributed by atoms with Crippen LogP contribution in [0.3, 0.4) is 0 Å². The monoisotopic (exact) mass is 272 g/mol. The van der Waals surface area contributed by atoms with Crippen molar-refractivity contribution in [3.63, 3.8) is 0 Å². The lowest BCUT2D eigenvalue weighted by molar-refractivity contribution is 0.202. The van der Waals surface area contributed by atoms with E-state index >= 15 is 0 Å². The Morgan fingerprint density at radius 3 is 2.55 bits per heavy atom. The van der Waals surface area contributed by atoms with Crippen molar-refractivity contribution in [1.29, 1.82) is 0 Å². The predicted molar refractivity (Wildman–Crippen MR) is 82.7 cm³/mol. The van der Waals surface area contributed by atoms with Gasteiger partial charge in [-0.1, -0.05) is 18.2 Å². The Hall–Kier alpha value is -2.20. The highest BCUT2D eigenvalue weighted by Gasteiger charge is 2.05. The summed E-state index contributed by atoms with van der Waals surface area (Å²) in [7, 11) is 3.33. The molecule has 2 rings (SSSR count). The standard InChI is InChI=1S/C16H20N2O2/c1-19-10-9-12-5-3-4-6-15(12)18-16-8-7-13(20-2)11-14(16)17/h3-8,11,18H,9-10,17H2,1-2H3. The Balaban J connectivity index is 2.21. The number of para-hydroxylation sites is 1. The quantitative estimate of drug-likeness (QED) is 0.793. The summed E-state index contributed by atoms with van der Waals surface area (Å²) >= 11 is 0. The van der Waals surface area contributed by atoms with E-state index in [0.29, 0.717) is 12.3 Å². The molecule has 0 spiro atoms. The molecule has 0 fully saturated rings. The smallest absolute Gasteiger partial charge is 0.121 e. The summed E-state index contributed by atoms with van der Waals surface area (Å²) < 4.78 is 10.3. The number of nitrogen functional groups attached to an aromatic ring is 1. The number of ether oxygens (including phenoxy) is 2. The summed E-state index contributed by atoms with van der Waals surface area (Å²) in [4.78, 5) is 0. The van der Waals surface area contributed by atoms with Gasteiger partial charge in [0.15, 0.2) is 0 Å². The lowest BCUT2D eigenvalue weighted by Gasteiger charge is -2.14. The van der Waals surface area contributed by atoms with Gasteiger partial charge in [0.25, 0.3) is 0 Å². The molecule has 4 heteroatoms. The molecule has 3 N–H and O–H groups in total. The van der Waals surface area contributed by atoms with E-state index in [2.05, 4.69) is 11.4 Å². The Kier molecular flexibility index (Phi) is 4.85. The van der Waals surface area contributed by atoms with Crippen molar-refractivity contribution in [2.45, 2.75) is 6.42 Å². The Labute approximate surface area is 119 Å². The highest BCUT2D eigenvalue weighted by Crippen LogP contribution is 2.28. The normalized spacial score (nSPS) is 10.3. The fourth-order valence-corrected chi connectivity index (χ4v) is 2.00. The number of hydrogen-bond acceptors (Lipinski definition) is 4. The molecular formula is C16H20N2O2. The van der Waals surface area contributed by atoms with Crippen LogP contribution in [0.2, 0.25) is 0 Å². The van der Waals surface area contributed by atoms with E-state index in [9.17, 15) is 0 Å². The molecule has 0 atom stereocenters. The molecule has 0 aliphatic heterocycles. The lowest BCUT2D eigenvalue weighted by atomic mass is 10.1. The molecule has 0 saturated carbocycles. The highest BCUT2D eigenvalue weighted by atomic mass is 16.5. The molecule has 0 bridgehead atoms. The molecule has 0 aromatic heterocycles. The molecule has 106 valence electrons. The Morgan fingerprint density at radius 1 is 1.05 bits per heavy atom. The average Bonchev–Trinajstić information content (AvgIpc) is 2.48. The number of benzene rings is 2. The summed E-state index contributed by atoms with van der Waals surface area (Å²) in [5, 5.41) is 3.36.